The maximum atomic E-state index is 14.9. The lowest BCUT2D eigenvalue weighted by Crippen LogP contribution is -2.46. The summed E-state index contributed by atoms with van der Waals surface area (Å²) >= 11 is 0. The zero-order chi connectivity index (χ0) is 23.1. The molecule has 1 unspecified atom stereocenters. The SMILES string of the molecule is Cl.O=C1COc2ccc(F)c3c2N1CCC3CN1CCC(NCc2cc3c(nn2)OCCO3)CC1. The van der Waals surface area contributed by atoms with Gasteiger partial charge in [0.15, 0.2) is 12.4 Å². The second-order valence-electron chi connectivity index (χ2n) is 9.29. The molecule has 1 aromatic heterocycles. The number of likely N-dealkylation sites (tertiary alicyclic amines) is 1. The van der Waals surface area contributed by atoms with Gasteiger partial charge in [0.1, 0.15) is 24.8 Å². The predicted octanol–water partition coefficient (Wildman–Crippen LogP) is 2.28. The van der Waals surface area contributed by atoms with Gasteiger partial charge in [-0.25, -0.2) is 4.39 Å². The molecule has 1 N–H and O–H groups in total. The van der Waals surface area contributed by atoms with E-state index in [9.17, 15) is 9.18 Å². The van der Waals surface area contributed by atoms with Gasteiger partial charge in [-0.1, -0.05) is 0 Å². The van der Waals surface area contributed by atoms with E-state index in [4.69, 9.17) is 14.2 Å². The molecule has 188 valence electrons. The smallest absolute Gasteiger partial charge is 0.276 e. The molecular weight excluding hydrogens is 477 g/mol. The molecule has 2 aromatic rings. The Kier molecular flexibility index (Phi) is 6.95. The summed E-state index contributed by atoms with van der Waals surface area (Å²) in [6.45, 7) is 4.97. The van der Waals surface area contributed by atoms with Gasteiger partial charge in [-0.05, 0) is 44.5 Å². The van der Waals surface area contributed by atoms with Crippen LogP contribution in [0.15, 0.2) is 18.2 Å². The number of rotatable bonds is 5. The number of nitrogens with one attached hydrogen (secondary N) is 1. The number of fused-ring (bicyclic) bond motifs is 1. The second kappa shape index (κ2) is 10.1. The molecule has 0 aliphatic carbocycles. The van der Waals surface area contributed by atoms with E-state index in [2.05, 4.69) is 20.4 Å². The van der Waals surface area contributed by atoms with Gasteiger partial charge < -0.3 is 29.3 Å². The van der Waals surface area contributed by atoms with Crippen molar-refractivity contribution in [1.29, 1.82) is 0 Å². The first-order valence-corrected chi connectivity index (χ1v) is 12.0. The van der Waals surface area contributed by atoms with Crippen LogP contribution < -0.4 is 24.4 Å². The van der Waals surface area contributed by atoms with Crippen LogP contribution in [-0.4, -0.2) is 73.0 Å². The highest BCUT2D eigenvalue weighted by molar-refractivity contribution is 5.99. The van der Waals surface area contributed by atoms with Gasteiger partial charge in [0, 0.05) is 43.2 Å². The van der Waals surface area contributed by atoms with Crippen molar-refractivity contribution in [2.24, 2.45) is 0 Å². The zero-order valence-corrected chi connectivity index (χ0v) is 20.2. The average Bonchev–Trinajstić information content (AvgIpc) is 2.87. The summed E-state index contributed by atoms with van der Waals surface area (Å²) in [6, 6.07) is 5.39. The van der Waals surface area contributed by atoms with E-state index in [-0.39, 0.29) is 36.7 Å². The van der Waals surface area contributed by atoms with Gasteiger partial charge in [0.05, 0.1) is 11.4 Å². The van der Waals surface area contributed by atoms with Crippen molar-refractivity contribution in [3.63, 3.8) is 0 Å². The van der Waals surface area contributed by atoms with Crippen molar-refractivity contribution in [2.45, 2.75) is 37.8 Å². The lowest BCUT2D eigenvalue weighted by molar-refractivity contribution is -0.121. The van der Waals surface area contributed by atoms with E-state index in [0.717, 1.165) is 44.6 Å². The summed E-state index contributed by atoms with van der Waals surface area (Å²) in [5.41, 5.74) is 2.11. The fourth-order valence-electron chi connectivity index (χ4n) is 5.40. The normalized spacial score (nSPS) is 21.7. The Labute approximate surface area is 209 Å². The molecule has 35 heavy (non-hydrogen) atoms. The number of halogens is 2. The topological polar surface area (TPSA) is 89.1 Å². The van der Waals surface area contributed by atoms with Gasteiger partial charge in [-0.15, -0.1) is 17.5 Å². The fraction of sp³-hybridized carbons (Fsp3) is 0.542. The molecule has 6 rings (SSSR count). The minimum atomic E-state index is -0.246. The van der Waals surface area contributed by atoms with Gasteiger partial charge in [0.2, 0.25) is 0 Å². The first-order valence-electron chi connectivity index (χ1n) is 12.0. The van der Waals surface area contributed by atoms with Crippen LogP contribution in [0.25, 0.3) is 0 Å². The molecule has 0 saturated carbocycles. The standard InChI is InChI=1S/C24H28FN5O4.ClH/c25-18-1-2-19-23-22(18)15(3-8-30(23)21(31)14-34-19)13-29-6-4-16(5-7-29)26-12-17-11-20-24(28-27-17)33-10-9-32-20;/h1-2,11,15-16,26H,3-10,12-14H2;1H. The summed E-state index contributed by atoms with van der Waals surface area (Å²) < 4.78 is 31.5. The molecule has 11 heteroatoms. The van der Waals surface area contributed by atoms with Crippen LogP contribution >= 0.6 is 12.4 Å². The molecule has 1 saturated heterocycles. The van der Waals surface area contributed by atoms with E-state index in [1.165, 1.54) is 6.07 Å². The number of nitrogens with zero attached hydrogens (tertiary/aromatic N) is 4. The van der Waals surface area contributed by atoms with Gasteiger partial charge in [-0.3, -0.25) is 4.79 Å². The van der Waals surface area contributed by atoms with Crippen molar-refractivity contribution in [1.82, 2.24) is 20.4 Å². The van der Waals surface area contributed by atoms with Crippen LogP contribution in [0.5, 0.6) is 17.4 Å². The summed E-state index contributed by atoms with van der Waals surface area (Å²) in [7, 11) is 0. The number of aromatic nitrogens is 2. The van der Waals surface area contributed by atoms with Crippen LogP contribution in [0.3, 0.4) is 0 Å². The number of ether oxygens (including phenoxy) is 3. The van der Waals surface area contributed by atoms with Crippen molar-refractivity contribution < 1.29 is 23.4 Å². The van der Waals surface area contributed by atoms with Crippen molar-refractivity contribution >= 4 is 24.0 Å². The highest BCUT2D eigenvalue weighted by Crippen LogP contribution is 2.45. The number of carbonyl (C=O) groups excluding carboxylic acids is 1. The van der Waals surface area contributed by atoms with Crippen molar-refractivity contribution in [3.8, 4) is 17.4 Å². The lowest BCUT2D eigenvalue weighted by atomic mass is 9.87. The van der Waals surface area contributed by atoms with Gasteiger partial charge >= 0.3 is 0 Å². The third-order valence-corrected chi connectivity index (χ3v) is 7.15. The quantitative estimate of drug-likeness (QED) is 0.662. The molecule has 0 bridgehead atoms. The molecule has 1 aromatic carbocycles. The third-order valence-electron chi connectivity index (χ3n) is 7.15. The highest BCUT2D eigenvalue weighted by atomic mass is 35.5. The van der Waals surface area contributed by atoms with E-state index in [1.54, 1.807) is 11.0 Å². The van der Waals surface area contributed by atoms with E-state index < -0.39 is 0 Å². The van der Waals surface area contributed by atoms with Crippen LogP contribution in [0, 0.1) is 5.82 Å². The first kappa shape index (κ1) is 24.0. The van der Waals surface area contributed by atoms with Crippen LogP contribution in [0.1, 0.15) is 36.4 Å². The number of piperidine rings is 1. The second-order valence-corrected chi connectivity index (χ2v) is 9.29. The number of carbonyl (C=O) groups is 1. The summed E-state index contributed by atoms with van der Waals surface area (Å²) in [4.78, 5) is 16.4. The maximum absolute atomic E-state index is 14.9. The Morgan fingerprint density at radius 3 is 2.71 bits per heavy atom. The number of anilines is 1. The molecule has 9 nitrogen and oxygen atoms in total. The molecule has 0 radical (unpaired) electrons. The minimum Gasteiger partial charge on any atom is -0.484 e. The molecule has 0 spiro atoms. The average molecular weight is 506 g/mol. The monoisotopic (exact) mass is 505 g/mol. The Morgan fingerprint density at radius 2 is 1.86 bits per heavy atom. The van der Waals surface area contributed by atoms with Gasteiger partial charge in [0.25, 0.3) is 11.8 Å². The van der Waals surface area contributed by atoms with Crippen molar-refractivity contribution in [3.05, 3.63) is 35.3 Å². The number of hydrogen-bond acceptors (Lipinski definition) is 8. The lowest BCUT2D eigenvalue weighted by Gasteiger charge is -2.41. The number of benzene rings is 1. The van der Waals surface area contributed by atoms with E-state index in [0.29, 0.717) is 61.0 Å². The van der Waals surface area contributed by atoms with Crippen LogP contribution in [-0.2, 0) is 11.3 Å². The number of amides is 1. The Hall–Kier alpha value is -2.69. The summed E-state index contributed by atoms with van der Waals surface area (Å²) in [5, 5.41) is 11.9. The molecule has 1 amide bonds. The summed E-state index contributed by atoms with van der Waals surface area (Å²) in [6.07, 6.45) is 2.78. The van der Waals surface area contributed by atoms with E-state index in [1.807, 2.05) is 6.07 Å². The molecule has 5 heterocycles. The van der Waals surface area contributed by atoms with E-state index >= 15 is 0 Å². The van der Waals surface area contributed by atoms with Crippen molar-refractivity contribution in [2.75, 3.05) is 50.9 Å². The zero-order valence-electron chi connectivity index (χ0n) is 19.4. The van der Waals surface area contributed by atoms with Crippen LogP contribution in [0.2, 0.25) is 0 Å². The maximum Gasteiger partial charge on any atom is 0.276 e. The molecule has 4 aliphatic rings. The van der Waals surface area contributed by atoms with Crippen LogP contribution in [0.4, 0.5) is 10.1 Å². The predicted molar refractivity (Wildman–Crippen MR) is 128 cm³/mol. The molecule has 1 fully saturated rings. The highest BCUT2D eigenvalue weighted by Gasteiger charge is 2.37. The number of hydrogen-bond donors (Lipinski definition) is 1. The largest absolute Gasteiger partial charge is 0.484 e. The molecular formula is C24H29ClFN5O4. The van der Waals surface area contributed by atoms with Gasteiger partial charge in [-0.2, -0.15) is 5.10 Å². The minimum absolute atomic E-state index is 0. The third kappa shape index (κ3) is 4.74. The Bertz CT molecular complexity index is 1100. The molecule has 1 atom stereocenters. The Balaban J connectivity index is 0.00000253. The summed E-state index contributed by atoms with van der Waals surface area (Å²) in [5.74, 6) is 1.45. The fourth-order valence-corrected chi connectivity index (χ4v) is 5.40. The first-order chi connectivity index (χ1) is 16.7. The Morgan fingerprint density at radius 1 is 1.03 bits per heavy atom. The molecule has 4 aliphatic heterocycles.